The van der Waals surface area contributed by atoms with Gasteiger partial charge in [-0.1, -0.05) is 72.8 Å². The average Bonchev–Trinajstić information content (AvgIpc) is 2.93. The van der Waals surface area contributed by atoms with Crippen molar-refractivity contribution in [3.63, 3.8) is 0 Å². The van der Waals surface area contributed by atoms with Gasteiger partial charge in [0.1, 0.15) is 5.75 Å². The first-order valence-electron chi connectivity index (χ1n) is 11.5. The molecule has 0 aliphatic carbocycles. The van der Waals surface area contributed by atoms with Gasteiger partial charge in [0, 0.05) is 17.5 Å². The quantitative estimate of drug-likeness (QED) is 0.195. The molecule has 3 N–H and O–H groups in total. The number of amides is 2. The fourth-order valence-electron chi connectivity index (χ4n) is 3.52. The van der Waals surface area contributed by atoms with Crippen LogP contribution in [0.5, 0.6) is 5.75 Å². The molecule has 0 aromatic heterocycles. The Hall–Kier alpha value is -4.01. The van der Waals surface area contributed by atoms with Crippen LogP contribution in [0.15, 0.2) is 108 Å². The summed E-state index contributed by atoms with van der Waals surface area (Å²) < 4.78 is 6.48. The molecule has 0 fully saturated rings. The number of rotatable bonds is 7. The third kappa shape index (κ3) is 7.49. The van der Waals surface area contributed by atoms with Crippen molar-refractivity contribution in [2.75, 3.05) is 6.61 Å². The van der Waals surface area contributed by atoms with Crippen molar-refractivity contribution in [1.82, 2.24) is 16.2 Å². The molecule has 8 heteroatoms. The van der Waals surface area contributed by atoms with E-state index in [0.717, 1.165) is 17.5 Å². The molecule has 4 aromatic carbocycles. The zero-order chi connectivity index (χ0) is 26.0. The van der Waals surface area contributed by atoms with E-state index in [1.54, 1.807) is 30.3 Å². The number of hydrogen-bond donors (Lipinski definition) is 3. The lowest BCUT2D eigenvalue weighted by Gasteiger charge is -2.12. The van der Waals surface area contributed by atoms with E-state index < -0.39 is 5.91 Å². The number of benzene rings is 4. The number of carbonyl (C=O) groups is 2. The molecular formula is C29H24BrN3O3S. The van der Waals surface area contributed by atoms with Gasteiger partial charge in [-0.05, 0) is 75.2 Å². The molecule has 0 unspecified atom stereocenters. The molecule has 0 atom stereocenters. The van der Waals surface area contributed by atoms with Crippen LogP contribution in [-0.4, -0.2) is 23.5 Å². The summed E-state index contributed by atoms with van der Waals surface area (Å²) in [4.78, 5) is 25.0. The molecule has 0 aliphatic rings. The van der Waals surface area contributed by atoms with E-state index in [2.05, 4.69) is 32.1 Å². The van der Waals surface area contributed by atoms with Gasteiger partial charge in [-0.25, -0.2) is 0 Å². The maximum absolute atomic E-state index is 12.6. The minimum Gasteiger partial charge on any atom is -0.492 e. The third-order valence-corrected chi connectivity index (χ3v) is 6.28. The van der Waals surface area contributed by atoms with Crippen LogP contribution in [0.1, 0.15) is 26.3 Å². The van der Waals surface area contributed by atoms with Gasteiger partial charge in [0.05, 0.1) is 11.1 Å². The van der Waals surface area contributed by atoms with Crippen LogP contribution < -0.4 is 20.9 Å². The Kier molecular flexibility index (Phi) is 9.02. The Morgan fingerprint density at radius 1 is 0.730 bits per heavy atom. The molecule has 37 heavy (non-hydrogen) atoms. The van der Waals surface area contributed by atoms with E-state index in [9.17, 15) is 9.59 Å². The van der Waals surface area contributed by atoms with E-state index in [1.165, 1.54) is 5.56 Å². The summed E-state index contributed by atoms with van der Waals surface area (Å²) in [5.41, 5.74) is 9.15. The number of thiocarbonyl (C=S) groups is 1. The second-order valence-electron chi connectivity index (χ2n) is 8.04. The highest BCUT2D eigenvalue weighted by Gasteiger charge is 2.12. The van der Waals surface area contributed by atoms with Crippen LogP contribution in [0.25, 0.3) is 11.1 Å². The Morgan fingerprint density at radius 3 is 2.03 bits per heavy atom. The van der Waals surface area contributed by atoms with Gasteiger partial charge in [0.2, 0.25) is 0 Å². The molecule has 0 heterocycles. The van der Waals surface area contributed by atoms with Crippen LogP contribution in [0.3, 0.4) is 0 Å². The Labute approximate surface area is 229 Å². The highest BCUT2D eigenvalue weighted by Crippen LogP contribution is 2.26. The van der Waals surface area contributed by atoms with Gasteiger partial charge >= 0.3 is 0 Å². The maximum Gasteiger partial charge on any atom is 0.269 e. The van der Waals surface area contributed by atoms with Crippen LogP contribution in [0.2, 0.25) is 0 Å². The lowest BCUT2D eigenvalue weighted by atomic mass is 10.0. The highest BCUT2D eigenvalue weighted by atomic mass is 79.9. The second-order valence-corrected chi connectivity index (χ2v) is 9.30. The van der Waals surface area contributed by atoms with Gasteiger partial charge in [0.25, 0.3) is 11.8 Å². The fourth-order valence-corrected chi connectivity index (χ4v) is 4.16. The molecule has 0 bridgehead atoms. The minimum absolute atomic E-state index is 0.0291. The van der Waals surface area contributed by atoms with Crippen LogP contribution in [0, 0.1) is 0 Å². The number of halogens is 1. The van der Waals surface area contributed by atoms with Crippen molar-refractivity contribution in [2.45, 2.75) is 6.42 Å². The molecular weight excluding hydrogens is 550 g/mol. The number of carbonyl (C=O) groups excluding carboxylic acids is 2. The van der Waals surface area contributed by atoms with Crippen molar-refractivity contribution in [2.24, 2.45) is 0 Å². The summed E-state index contributed by atoms with van der Waals surface area (Å²) >= 11 is 8.60. The van der Waals surface area contributed by atoms with Crippen LogP contribution >= 0.6 is 28.1 Å². The monoisotopic (exact) mass is 573 g/mol. The first-order chi connectivity index (χ1) is 18.0. The maximum atomic E-state index is 12.6. The molecule has 0 spiro atoms. The zero-order valence-corrected chi connectivity index (χ0v) is 22.1. The van der Waals surface area contributed by atoms with Gasteiger partial charge in [-0.2, -0.15) is 0 Å². The molecule has 186 valence electrons. The topological polar surface area (TPSA) is 79.5 Å². The van der Waals surface area contributed by atoms with E-state index >= 15 is 0 Å². The molecule has 4 rings (SSSR count). The van der Waals surface area contributed by atoms with Gasteiger partial charge in [-0.3, -0.25) is 25.8 Å². The summed E-state index contributed by atoms with van der Waals surface area (Å²) in [6.45, 7) is 0.511. The Balaban J connectivity index is 1.24. The SMILES string of the molecule is O=C(NNC(=S)NC(=O)c1ccc(OCCc2ccccc2)c(Br)c1)c1ccc(-c2ccccc2)cc1. The lowest BCUT2D eigenvalue weighted by molar-refractivity contribution is 0.0934. The van der Waals surface area contributed by atoms with Gasteiger partial charge < -0.3 is 4.74 Å². The number of hydrazine groups is 1. The van der Waals surface area contributed by atoms with Crippen LogP contribution in [-0.2, 0) is 6.42 Å². The lowest BCUT2D eigenvalue weighted by Crippen LogP contribution is -2.48. The number of ether oxygens (including phenoxy) is 1. The third-order valence-electron chi connectivity index (χ3n) is 5.46. The summed E-state index contributed by atoms with van der Waals surface area (Å²) in [5, 5.41) is 2.52. The Morgan fingerprint density at radius 2 is 1.35 bits per heavy atom. The number of hydrogen-bond acceptors (Lipinski definition) is 4. The predicted octanol–water partition coefficient (Wildman–Crippen LogP) is 5.69. The minimum atomic E-state index is -0.421. The largest absolute Gasteiger partial charge is 0.492 e. The summed E-state index contributed by atoms with van der Waals surface area (Å²) in [6.07, 6.45) is 0.776. The van der Waals surface area contributed by atoms with E-state index in [1.807, 2.05) is 72.8 Å². The first kappa shape index (κ1) is 26.1. The zero-order valence-electron chi connectivity index (χ0n) is 19.7. The van der Waals surface area contributed by atoms with Crippen molar-refractivity contribution in [3.05, 3.63) is 124 Å². The Bertz CT molecular complexity index is 1380. The second kappa shape index (κ2) is 12.8. The summed E-state index contributed by atoms with van der Waals surface area (Å²) in [6, 6.07) is 32.2. The van der Waals surface area contributed by atoms with Gasteiger partial charge in [0.15, 0.2) is 5.11 Å². The number of nitrogens with one attached hydrogen (secondary N) is 3. The first-order valence-corrected chi connectivity index (χ1v) is 12.7. The van der Waals surface area contributed by atoms with Gasteiger partial charge in [-0.15, -0.1) is 0 Å². The van der Waals surface area contributed by atoms with Crippen molar-refractivity contribution in [3.8, 4) is 16.9 Å². The standard InChI is InChI=1S/C29H24BrN3O3S/c30-25-19-24(15-16-26(25)36-18-17-20-7-3-1-4-8-20)27(34)31-29(37)33-32-28(35)23-13-11-22(12-14-23)21-9-5-2-6-10-21/h1-16,19H,17-18H2,(H,32,35)(H2,31,33,34,37). The molecule has 0 saturated heterocycles. The van der Waals surface area contributed by atoms with Crippen molar-refractivity contribution < 1.29 is 14.3 Å². The van der Waals surface area contributed by atoms with E-state index in [0.29, 0.717) is 28.0 Å². The van der Waals surface area contributed by atoms with E-state index in [4.69, 9.17) is 17.0 Å². The molecule has 0 radical (unpaired) electrons. The van der Waals surface area contributed by atoms with E-state index in [-0.39, 0.29) is 11.0 Å². The van der Waals surface area contributed by atoms with Crippen LogP contribution in [0.4, 0.5) is 0 Å². The van der Waals surface area contributed by atoms with Crippen molar-refractivity contribution in [1.29, 1.82) is 0 Å². The van der Waals surface area contributed by atoms with Crippen molar-refractivity contribution >= 4 is 45.1 Å². The predicted molar refractivity (Wildman–Crippen MR) is 152 cm³/mol. The normalized spacial score (nSPS) is 10.3. The fraction of sp³-hybridized carbons (Fsp3) is 0.0690. The molecule has 6 nitrogen and oxygen atoms in total. The smallest absolute Gasteiger partial charge is 0.269 e. The average molecular weight is 575 g/mol. The molecule has 0 aliphatic heterocycles. The summed E-state index contributed by atoms with van der Waals surface area (Å²) in [7, 11) is 0. The molecule has 0 saturated carbocycles. The molecule has 4 aromatic rings. The summed E-state index contributed by atoms with van der Waals surface area (Å²) in [5.74, 6) is -0.162. The highest BCUT2D eigenvalue weighted by molar-refractivity contribution is 9.10. The molecule has 2 amide bonds.